The van der Waals surface area contributed by atoms with Crippen LogP contribution >= 0.6 is 11.6 Å². The minimum absolute atomic E-state index is 0.0258. The molecule has 1 atom stereocenters. The fourth-order valence-corrected chi connectivity index (χ4v) is 2.23. The Morgan fingerprint density at radius 1 is 1.25 bits per heavy atom. The summed E-state index contributed by atoms with van der Waals surface area (Å²) in [6.07, 6.45) is 1.74. The number of rotatable bonds is 7. The van der Waals surface area contributed by atoms with Gasteiger partial charge in [0.05, 0.1) is 18.8 Å². The number of nitrogens with one attached hydrogen (secondary N) is 2. The largest absolute Gasteiger partial charge is 0.489 e. The van der Waals surface area contributed by atoms with Crippen LogP contribution in [0.15, 0.2) is 53.7 Å². The average molecular weight is 347 g/mol. The average Bonchev–Trinajstić information content (AvgIpc) is 2.58. The van der Waals surface area contributed by atoms with Crippen molar-refractivity contribution in [3.8, 4) is 5.75 Å². The van der Waals surface area contributed by atoms with Crippen molar-refractivity contribution in [2.75, 3.05) is 13.1 Å². The molecular formula is C18H23ClN4O. The van der Waals surface area contributed by atoms with Gasteiger partial charge in [0.1, 0.15) is 11.9 Å². The van der Waals surface area contributed by atoms with Crippen LogP contribution in [0.25, 0.3) is 0 Å². The number of aromatic nitrogens is 1. The number of pyridine rings is 1. The zero-order chi connectivity index (χ0) is 17.2. The maximum absolute atomic E-state index is 5.97. The quantitative estimate of drug-likeness (QED) is 0.597. The Balaban J connectivity index is 1.86. The highest BCUT2D eigenvalue weighted by atomic mass is 35.5. The Bertz CT molecular complexity index is 648. The molecular weight excluding hydrogens is 324 g/mol. The van der Waals surface area contributed by atoms with Crippen molar-refractivity contribution in [1.29, 1.82) is 0 Å². The molecule has 5 nitrogen and oxygen atoms in total. The summed E-state index contributed by atoms with van der Waals surface area (Å²) >= 11 is 5.97. The lowest BCUT2D eigenvalue weighted by atomic mass is 10.3. The van der Waals surface area contributed by atoms with Crippen molar-refractivity contribution in [2.24, 2.45) is 4.99 Å². The van der Waals surface area contributed by atoms with Crippen molar-refractivity contribution in [3.63, 3.8) is 0 Å². The highest BCUT2D eigenvalue weighted by Gasteiger charge is 2.06. The lowest BCUT2D eigenvalue weighted by Crippen LogP contribution is -2.41. The first-order valence-corrected chi connectivity index (χ1v) is 8.39. The second-order valence-electron chi connectivity index (χ2n) is 5.28. The third-order valence-corrected chi connectivity index (χ3v) is 3.39. The first kappa shape index (κ1) is 18.1. The van der Waals surface area contributed by atoms with Gasteiger partial charge in [0.2, 0.25) is 0 Å². The van der Waals surface area contributed by atoms with E-state index in [1.807, 2.05) is 50.2 Å². The van der Waals surface area contributed by atoms with Gasteiger partial charge in [-0.15, -0.1) is 0 Å². The molecule has 0 aliphatic rings. The Morgan fingerprint density at radius 3 is 2.83 bits per heavy atom. The van der Waals surface area contributed by atoms with Crippen molar-refractivity contribution in [1.82, 2.24) is 15.6 Å². The van der Waals surface area contributed by atoms with Crippen LogP contribution < -0.4 is 15.4 Å². The fourth-order valence-electron chi connectivity index (χ4n) is 2.05. The van der Waals surface area contributed by atoms with Gasteiger partial charge in [0, 0.05) is 17.8 Å². The SMILES string of the molecule is CCNC(=NCc1ccccn1)NCC(C)Oc1cccc(Cl)c1. The van der Waals surface area contributed by atoms with E-state index in [-0.39, 0.29) is 6.10 Å². The van der Waals surface area contributed by atoms with Gasteiger partial charge in [-0.2, -0.15) is 0 Å². The number of halogens is 1. The van der Waals surface area contributed by atoms with Crippen LogP contribution in [-0.4, -0.2) is 30.1 Å². The molecule has 1 unspecified atom stereocenters. The summed E-state index contributed by atoms with van der Waals surface area (Å²) in [6, 6.07) is 13.2. The lowest BCUT2D eigenvalue weighted by Gasteiger charge is -2.17. The van der Waals surface area contributed by atoms with Crippen LogP contribution in [0.5, 0.6) is 5.75 Å². The molecule has 0 radical (unpaired) electrons. The molecule has 6 heteroatoms. The molecule has 2 N–H and O–H groups in total. The second kappa shape index (κ2) is 9.78. The molecule has 1 heterocycles. The molecule has 0 amide bonds. The summed E-state index contributed by atoms with van der Waals surface area (Å²) < 4.78 is 5.84. The second-order valence-corrected chi connectivity index (χ2v) is 5.72. The predicted molar refractivity (Wildman–Crippen MR) is 98.6 cm³/mol. The van der Waals surface area contributed by atoms with Crippen molar-refractivity contribution in [2.45, 2.75) is 26.5 Å². The van der Waals surface area contributed by atoms with E-state index < -0.39 is 0 Å². The van der Waals surface area contributed by atoms with E-state index in [2.05, 4.69) is 20.6 Å². The Kier molecular flexibility index (Phi) is 7.36. The highest BCUT2D eigenvalue weighted by molar-refractivity contribution is 6.30. The van der Waals surface area contributed by atoms with E-state index in [9.17, 15) is 0 Å². The molecule has 0 saturated carbocycles. The standard InChI is InChI=1S/C18H23ClN4O/c1-3-20-18(23-13-16-8-4-5-10-21-16)22-12-14(2)24-17-9-6-7-15(19)11-17/h4-11,14H,3,12-13H2,1-2H3,(H2,20,22,23). The van der Waals surface area contributed by atoms with Gasteiger partial charge in [-0.25, -0.2) is 4.99 Å². The molecule has 24 heavy (non-hydrogen) atoms. The van der Waals surface area contributed by atoms with E-state index in [1.54, 1.807) is 12.3 Å². The van der Waals surface area contributed by atoms with Crippen LogP contribution in [0.3, 0.4) is 0 Å². The lowest BCUT2D eigenvalue weighted by molar-refractivity contribution is 0.224. The first-order chi connectivity index (χ1) is 11.7. The van der Waals surface area contributed by atoms with Crippen LogP contribution in [0.2, 0.25) is 5.02 Å². The van der Waals surface area contributed by atoms with Crippen LogP contribution in [0.1, 0.15) is 19.5 Å². The van der Waals surface area contributed by atoms with Gasteiger partial charge in [-0.05, 0) is 44.2 Å². The van der Waals surface area contributed by atoms with Gasteiger partial charge < -0.3 is 15.4 Å². The Hall–Kier alpha value is -2.27. The zero-order valence-electron chi connectivity index (χ0n) is 14.0. The zero-order valence-corrected chi connectivity index (χ0v) is 14.8. The van der Waals surface area contributed by atoms with Crippen LogP contribution in [0.4, 0.5) is 0 Å². The summed E-state index contributed by atoms with van der Waals surface area (Å²) in [6.45, 7) is 5.97. The number of hydrogen-bond donors (Lipinski definition) is 2. The van der Waals surface area contributed by atoms with Gasteiger partial charge >= 0.3 is 0 Å². The topological polar surface area (TPSA) is 58.5 Å². The number of aliphatic imine (C=N–C) groups is 1. The van der Waals surface area contributed by atoms with Gasteiger partial charge in [0.15, 0.2) is 5.96 Å². The number of ether oxygens (including phenoxy) is 1. The smallest absolute Gasteiger partial charge is 0.191 e. The van der Waals surface area contributed by atoms with Crippen molar-refractivity contribution in [3.05, 3.63) is 59.4 Å². The van der Waals surface area contributed by atoms with Crippen molar-refractivity contribution >= 4 is 17.6 Å². The molecule has 0 spiro atoms. The van der Waals surface area contributed by atoms with E-state index in [0.717, 1.165) is 23.9 Å². The van der Waals surface area contributed by atoms with Gasteiger partial charge in [0.25, 0.3) is 0 Å². The maximum atomic E-state index is 5.97. The molecule has 2 aromatic rings. The fraction of sp³-hybridized carbons (Fsp3) is 0.333. The highest BCUT2D eigenvalue weighted by Crippen LogP contribution is 2.18. The Labute approximate surface area is 148 Å². The molecule has 1 aromatic carbocycles. The molecule has 2 rings (SSSR count). The summed E-state index contributed by atoms with van der Waals surface area (Å²) in [5.74, 6) is 1.50. The molecule has 128 valence electrons. The summed E-state index contributed by atoms with van der Waals surface area (Å²) in [5, 5.41) is 7.16. The summed E-state index contributed by atoms with van der Waals surface area (Å²) in [5.41, 5.74) is 0.929. The predicted octanol–water partition coefficient (Wildman–Crippen LogP) is 3.26. The van der Waals surface area contributed by atoms with E-state index in [4.69, 9.17) is 16.3 Å². The van der Waals surface area contributed by atoms with Gasteiger partial charge in [-0.3, -0.25) is 4.98 Å². The third-order valence-electron chi connectivity index (χ3n) is 3.16. The number of benzene rings is 1. The first-order valence-electron chi connectivity index (χ1n) is 8.01. The number of nitrogens with zero attached hydrogens (tertiary/aromatic N) is 2. The van der Waals surface area contributed by atoms with E-state index in [1.165, 1.54) is 0 Å². The molecule has 0 aliphatic carbocycles. The molecule has 0 fully saturated rings. The molecule has 0 bridgehead atoms. The Morgan fingerprint density at radius 2 is 2.12 bits per heavy atom. The number of guanidine groups is 1. The van der Waals surface area contributed by atoms with E-state index in [0.29, 0.717) is 18.1 Å². The summed E-state index contributed by atoms with van der Waals surface area (Å²) in [7, 11) is 0. The minimum Gasteiger partial charge on any atom is -0.489 e. The molecule has 1 aromatic heterocycles. The van der Waals surface area contributed by atoms with Crippen molar-refractivity contribution < 1.29 is 4.74 Å². The van der Waals surface area contributed by atoms with Crippen LogP contribution in [-0.2, 0) is 6.54 Å². The van der Waals surface area contributed by atoms with Gasteiger partial charge in [-0.1, -0.05) is 23.7 Å². The summed E-state index contributed by atoms with van der Waals surface area (Å²) in [4.78, 5) is 8.80. The maximum Gasteiger partial charge on any atom is 0.191 e. The third kappa shape index (κ3) is 6.46. The number of hydrogen-bond acceptors (Lipinski definition) is 3. The van der Waals surface area contributed by atoms with E-state index >= 15 is 0 Å². The minimum atomic E-state index is -0.0258. The molecule has 0 aliphatic heterocycles. The molecule has 0 saturated heterocycles. The monoisotopic (exact) mass is 346 g/mol. The normalized spacial score (nSPS) is 12.5. The van der Waals surface area contributed by atoms with Crippen LogP contribution in [0, 0.1) is 0 Å².